The number of aromatic hydroxyl groups is 1. The molecule has 0 bridgehead atoms. The molecule has 0 fully saturated rings. The van der Waals surface area contributed by atoms with Crippen LogP contribution in [0.1, 0.15) is 51.0 Å². The largest absolute Gasteiger partial charge is 0.504 e. The molecule has 0 aliphatic heterocycles. The van der Waals surface area contributed by atoms with Gasteiger partial charge in [0.25, 0.3) is 0 Å². The Morgan fingerprint density at radius 1 is 1.21 bits per heavy atom. The predicted octanol–water partition coefficient (Wildman–Crippen LogP) is 3.83. The maximum atomic E-state index is 9.56. The van der Waals surface area contributed by atoms with E-state index in [0.29, 0.717) is 18.3 Å². The molecule has 5 nitrogen and oxygen atoms in total. The molecule has 1 rings (SSSR count). The zero-order valence-electron chi connectivity index (χ0n) is 14.9. The van der Waals surface area contributed by atoms with E-state index < -0.39 is 0 Å². The molecule has 1 aromatic carbocycles. The number of hydrogen-bond acceptors (Lipinski definition) is 3. The standard InChI is InChI=1S/C18H31N3O2.HI/c1-3-4-5-6-7-8-12-20-18(19)21-13-11-15-9-10-16(22)17(14-15)23-2;/h9-10,14,22H,3-8,11-13H2,1-2H3,(H3,19,20,21);1H. The number of nitrogens with two attached hydrogens (primary N) is 1. The van der Waals surface area contributed by atoms with Crippen LogP contribution in [0.25, 0.3) is 0 Å². The zero-order valence-corrected chi connectivity index (χ0v) is 17.2. The molecule has 24 heavy (non-hydrogen) atoms. The second kappa shape index (κ2) is 14.2. The number of halogens is 1. The third-order valence-electron chi connectivity index (χ3n) is 3.76. The molecule has 6 heteroatoms. The summed E-state index contributed by atoms with van der Waals surface area (Å²) < 4.78 is 5.09. The predicted molar refractivity (Wildman–Crippen MR) is 112 cm³/mol. The van der Waals surface area contributed by atoms with Crippen LogP contribution in [0, 0.1) is 0 Å². The van der Waals surface area contributed by atoms with Crippen molar-refractivity contribution in [2.24, 2.45) is 10.7 Å². The van der Waals surface area contributed by atoms with Crippen LogP contribution < -0.4 is 15.8 Å². The number of aliphatic imine (C=N–C) groups is 1. The van der Waals surface area contributed by atoms with Crippen molar-refractivity contribution in [2.45, 2.75) is 51.9 Å². The van der Waals surface area contributed by atoms with Crippen molar-refractivity contribution in [3.05, 3.63) is 23.8 Å². The Balaban J connectivity index is 0.00000529. The highest BCUT2D eigenvalue weighted by Crippen LogP contribution is 2.26. The van der Waals surface area contributed by atoms with Crippen molar-refractivity contribution < 1.29 is 9.84 Å². The average Bonchev–Trinajstić information content (AvgIpc) is 2.55. The van der Waals surface area contributed by atoms with Crippen LogP contribution in [-0.2, 0) is 6.42 Å². The fourth-order valence-corrected chi connectivity index (χ4v) is 2.36. The number of methoxy groups -OCH3 is 1. The molecule has 0 aliphatic rings. The Hall–Kier alpha value is -1.18. The first-order chi connectivity index (χ1) is 11.2. The van der Waals surface area contributed by atoms with Crippen LogP contribution in [0.3, 0.4) is 0 Å². The van der Waals surface area contributed by atoms with Crippen LogP contribution in [0.5, 0.6) is 11.5 Å². The number of unbranched alkanes of at least 4 members (excludes halogenated alkanes) is 5. The van der Waals surface area contributed by atoms with E-state index >= 15 is 0 Å². The molecule has 0 amide bonds. The van der Waals surface area contributed by atoms with Crippen molar-refractivity contribution in [1.29, 1.82) is 0 Å². The summed E-state index contributed by atoms with van der Waals surface area (Å²) in [5.41, 5.74) is 6.93. The van der Waals surface area contributed by atoms with Gasteiger partial charge >= 0.3 is 0 Å². The number of ether oxygens (including phenoxy) is 1. The molecule has 0 radical (unpaired) electrons. The fourth-order valence-electron chi connectivity index (χ4n) is 2.36. The van der Waals surface area contributed by atoms with E-state index in [1.54, 1.807) is 13.2 Å². The van der Waals surface area contributed by atoms with Crippen molar-refractivity contribution >= 4 is 29.9 Å². The maximum Gasteiger partial charge on any atom is 0.188 e. The van der Waals surface area contributed by atoms with Gasteiger partial charge in [0, 0.05) is 13.1 Å². The van der Waals surface area contributed by atoms with Crippen LogP contribution in [0.2, 0.25) is 0 Å². The van der Waals surface area contributed by atoms with E-state index in [2.05, 4.69) is 17.2 Å². The number of benzene rings is 1. The van der Waals surface area contributed by atoms with Crippen LogP contribution in [0.15, 0.2) is 23.2 Å². The third kappa shape index (κ3) is 9.85. The molecule has 0 heterocycles. The van der Waals surface area contributed by atoms with Gasteiger partial charge < -0.3 is 20.9 Å². The number of nitrogens with zero attached hydrogens (tertiary/aromatic N) is 1. The SMILES string of the molecule is CCCCCCCCN=C(N)NCCc1ccc(O)c(OC)c1.I. The second-order valence-electron chi connectivity index (χ2n) is 5.72. The molecule has 0 atom stereocenters. The quantitative estimate of drug-likeness (QED) is 0.208. The fraction of sp³-hybridized carbons (Fsp3) is 0.611. The Kier molecular flexibility index (Phi) is 13.5. The van der Waals surface area contributed by atoms with Gasteiger partial charge in [0.1, 0.15) is 0 Å². The monoisotopic (exact) mass is 449 g/mol. The molecule has 0 spiro atoms. The van der Waals surface area contributed by atoms with Crippen LogP contribution in [-0.4, -0.2) is 31.3 Å². The Bertz CT molecular complexity index is 481. The van der Waals surface area contributed by atoms with E-state index in [-0.39, 0.29) is 29.7 Å². The van der Waals surface area contributed by atoms with Gasteiger partial charge in [-0.3, -0.25) is 4.99 Å². The normalized spacial score (nSPS) is 11.0. The summed E-state index contributed by atoms with van der Waals surface area (Å²) in [5, 5.41) is 12.7. The molecule has 0 aliphatic carbocycles. The smallest absolute Gasteiger partial charge is 0.188 e. The van der Waals surface area contributed by atoms with Gasteiger partial charge in [0.05, 0.1) is 7.11 Å². The van der Waals surface area contributed by atoms with Crippen LogP contribution in [0.4, 0.5) is 0 Å². The van der Waals surface area contributed by atoms with Crippen molar-refractivity contribution in [3.63, 3.8) is 0 Å². The minimum atomic E-state index is 0. The summed E-state index contributed by atoms with van der Waals surface area (Å²) in [7, 11) is 1.55. The van der Waals surface area contributed by atoms with E-state index in [4.69, 9.17) is 10.5 Å². The van der Waals surface area contributed by atoms with Gasteiger partial charge in [0.2, 0.25) is 0 Å². The molecule has 4 N–H and O–H groups in total. The summed E-state index contributed by atoms with van der Waals surface area (Å²) in [4.78, 5) is 4.34. The average molecular weight is 449 g/mol. The molecule has 138 valence electrons. The first-order valence-corrected chi connectivity index (χ1v) is 8.57. The minimum Gasteiger partial charge on any atom is -0.504 e. The summed E-state index contributed by atoms with van der Waals surface area (Å²) >= 11 is 0. The molecule has 0 unspecified atom stereocenters. The lowest BCUT2D eigenvalue weighted by atomic mass is 10.1. The lowest BCUT2D eigenvalue weighted by Gasteiger charge is -2.08. The maximum absolute atomic E-state index is 9.56. The Morgan fingerprint density at radius 2 is 1.92 bits per heavy atom. The molecular weight excluding hydrogens is 417 g/mol. The summed E-state index contributed by atoms with van der Waals surface area (Å²) in [5.74, 6) is 1.15. The Morgan fingerprint density at radius 3 is 2.62 bits per heavy atom. The van der Waals surface area contributed by atoms with Gasteiger partial charge in [-0.1, -0.05) is 45.1 Å². The summed E-state index contributed by atoms with van der Waals surface area (Å²) in [6.07, 6.45) is 8.34. The summed E-state index contributed by atoms with van der Waals surface area (Å²) in [6.45, 7) is 3.72. The van der Waals surface area contributed by atoms with Gasteiger partial charge in [-0.25, -0.2) is 0 Å². The van der Waals surface area contributed by atoms with Gasteiger partial charge in [-0.05, 0) is 30.5 Å². The van der Waals surface area contributed by atoms with E-state index in [1.807, 2.05) is 12.1 Å². The molecule has 0 aromatic heterocycles. The van der Waals surface area contributed by atoms with Crippen molar-refractivity contribution in [2.75, 3.05) is 20.2 Å². The molecule has 0 saturated heterocycles. The molecular formula is C18H32IN3O2. The highest BCUT2D eigenvalue weighted by molar-refractivity contribution is 14.0. The lowest BCUT2D eigenvalue weighted by Crippen LogP contribution is -2.33. The summed E-state index contributed by atoms with van der Waals surface area (Å²) in [6, 6.07) is 5.36. The topological polar surface area (TPSA) is 79.9 Å². The lowest BCUT2D eigenvalue weighted by molar-refractivity contribution is 0.373. The van der Waals surface area contributed by atoms with Crippen molar-refractivity contribution in [3.8, 4) is 11.5 Å². The number of rotatable bonds is 11. The van der Waals surface area contributed by atoms with Crippen molar-refractivity contribution in [1.82, 2.24) is 5.32 Å². The zero-order chi connectivity index (χ0) is 16.9. The van der Waals surface area contributed by atoms with Gasteiger partial charge in [-0.2, -0.15) is 0 Å². The van der Waals surface area contributed by atoms with Crippen LogP contribution >= 0.6 is 24.0 Å². The Labute approximate surface area is 163 Å². The minimum absolute atomic E-state index is 0. The highest BCUT2D eigenvalue weighted by atomic mass is 127. The number of phenols is 1. The number of hydrogen-bond donors (Lipinski definition) is 3. The van der Waals surface area contributed by atoms with E-state index in [9.17, 15) is 5.11 Å². The first kappa shape index (κ1) is 22.8. The number of phenolic OH excluding ortho intramolecular Hbond substituents is 1. The van der Waals surface area contributed by atoms with Gasteiger partial charge in [0.15, 0.2) is 17.5 Å². The third-order valence-corrected chi connectivity index (χ3v) is 3.76. The first-order valence-electron chi connectivity index (χ1n) is 8.57. The van der Waals surface area contributed by atoms with Gasteiger partial charge in [-0.15, -0.1) is 24.0 Å². The number of guanidine groups is 1. The highest BCUT2D eigenvalue weighted by Gasteiger charge is 2.02. The van der Waals surface area contributed by atoms with E-state index in [0.717, 1.165) is 24.9 Å². The second-order valence-corrected chi connectivity index (χ2v) is 5.72. The molecule has 1 aromatic rings. The number of nitrogens with one attached hydrogen (secondary N) is 1. The van der Waals surface area contributed by atoms with E-state index in [1.165, 1.54) is 32.1 Å². The molecule has 0 saturated carbocycles.